The molecule has 4 aromatic rings. The Bertz CT molecular complexity index is 1450. The Morgan fingerprint density at radius 2 is 1.76 bits per heavy atom. The van der Waals surface area contributed by atoms with E-state index in [1.807, 2.05) is 42.6 Å². The predicted molar refractivity (Wildman–Crippen MR) is 149 cm³/mol. The van der Waals surface area contributed by atoms with E-state index in [0.29, 0.717) is 29.5 Å². The van der Waals surface area contributed by atoms with Gasteiger partial charge in [0.25, 0.3) is 10.0 Å². The van der Waals surface area contributed by atoms with E-state index in [0.717, 1.165) is 61.2 Å². The van der Waals surface area contributed by atoms with Crippen molar-refractivity contribution in [1.82, 2.24) is 15.2 Å². The van der Waals surface area contributed by atoms with E-state index in [4.69, 9.17) is 16.3 Å². The van der Waals surface area contributed by atoms with Crippen molar-refractivity contribution < 1.29 is 13.2 Å². The van der Waals surface area contributed by atoms with Crippen LogP contribution in [0.5, 0.6) is 5.75 Å². The van der Waals surface area contributed by atoms with Gasteiger partial charge in [-0.15, -0.1) is 0 Å². The van der Waals surface area contributed by atoms with Crippen LogP contribution in [0.15, 0.2) is 77.8 Å². The molecule has 1 aromatic heterocycles. The summed E-state index contributed by atoms with van der Waals surface area (Å²) < 4.78 is 34.9. The zero-order valence-corrected chi connectivity index (χ0v) is 22.1. The van der Waals surface area contributed by atoms with Gasteiger partial charge in [-0.2, -0.15) is 0 Å². The molecule has 0 atom stereocenters. The van der Waals surface area contributed by atoms with Crippen molar-refractivity contribution in [2.45, 2.75) is 17.7 Å². The topological polar surface area (TPSA) is 86.5 Å². The van der Waals surface area contributed by atoms with Crippen LogP contribution in [-0.2, 0) is 16.4 Å². The molecule has 3 N–H and O–H groups in total. The van der Waals surface area contributed by atoms with Crippen molar-refractivity contribution in [3.8, 4) is 5.75 Å². The summed E-state index contributed by atoms with van der Waals surface area (Å²) in [6.07, 6.45) is 3.43. The van der Waals surface area contributed by atoms with Gasteiger partial charge in [0.15, 0.2) is 0 Å². The van der Waals surface area contributed by atoms with Crippen molar-refractivity contribution >= 4 is 38.2 Å². The maximum absolute atomic E-state index is 13.2. The van der Waals surface area contributed by atoms with Gasteiger partial charge in [-0.3, -0.25) is 4.72 Å². The molecule has 0 amide bonds. The number of ether oxygens (including phenoxy) is 1. The number of aromatic nitrogens is 1. The number of aromatic amines is 1. The number of H-pyrrole nitrogens is 1. The normalized spacial score (nSPS) is 14.6. The van der Waals surface area contributed by atoms with Crippen molar-refractivity contribution in [3.63, 3.8) is 0 Å². The SMILES string of the molecule is O=S(=O)(Nc1ccccc1Cc1c[nH]c2ccc(Cl)cc12)c1ccc(OCCCN2CCNCC2)cc1. The van der Waals surface area contributed by atoms with Gasteiger partial charge in [-0.05, 0) is 66.1 Å². The van der Waals surface area contributed by atoms with Crippen LogP contribution in [0.1, 0.15) is 17.5 Å². The second-order valence-electron chi connectivity index (χ2n) is 9.21. The fraction of sp³-hybridized carbons (Fsp3) is 0.286. The summed E-state index contributed by atoms with van der Waals surface area (Å²) in [5, 5.41) is 5.03. The van der Waals surface area contributed by atoms with Crippen molar-refractivity contribution in [2.24, 2.45) is 0 Å². The molecule has 0 spiro atoms. The molecule has 7 nitrogen and oxygen atoms in total. The zero-order valence-electron chi connectivity index (χ0n) is 20.5. The van der Waals surface area contributed by atoms with Crippen molar-refractivity contribution in [3.05, 3.63) is 89.1 Å². The Labute approximate surface area is 222 Å². The number of halogens is 1. The Balaban J connectivity index is 1.22. The van der Waals surface area contributed by atoms with Crippen LogP contribution >= 0.6 is 11.6 Å². The van der Waals surface area contributed by atoms with E-state index in [9.17, 15) is 8.42 Å². The van der Waals surface area contributed by atoms with Crippen LogP contribution in [0, 0.1) is 0 Å². The lowest BCUT2D eigenvalue weighted by Gasteiger charge is -2.26. The highest BCUT2D eigenvalue weighted by Gasteiger charge is 2.17. The van der Waals surface area contributed by atoms with E-state index in [-0.39, 0.29) is 4.90 Å². The minimum Gasteiger partial charge on any atom is -0.494 e. The van der Waals surface area contributed by atoms with Gasteiger partial charge >= 0.3 is 0 Å². The number of nitrogens with zero attached hydrogens (tertiary/aromatic N) is 1. The van der Waals surface area contributed by atoms with E-state index >= 15 is 0 Å². The van der Waals surface area contributed by atoms with Gasteiger partial charge < -0.3 is 19.9 Å². The molecule has 37 heavy (non-hydrogen) atoms. The summed E-state index contributed by atoms with van der Waals surface area (Å²) in [7, 11) is -3.77. The minimum absolute atomic E-state index is 0.189. The Hall–Kier alpha value is -3.04. The summed E-state index contributed by atoms with van der Waals surface area (Å²) in [5.41, 5.74) is 3.45. The molecule has 0 radical (unpaired) electrons. The van der Waals surface area contributed by atoms with Crippen LogP contribution in [0.25, 0.3) is 10.9 Å². The van der Waals surface area contributed by atoms with Gasteiger partial charge in [-0.1, -0.05) is 29.8 Å². The molecule has 9 heteroatoms. The monoisotopic (exact) mass is 538 g/mol. The second-order valence-corrected chi connectivity index (χ2v) is 11.3. The number of hydrogen-bond acceptors (Lipinski definition) is 5. The van der Waals surface area contributed by atoms with Gasteiger partial charge in [-0.25, -0.2) is 8.42 Å². The maximum Gasteiger partial charge on any atom is 0.261 e. The van der Waals surface area contributed by atoms with Crippen LogP contribution in [-0.4, -0.2) is 57.6 Å². The van der Waals surface area contributed by atoms with Gasteiger partial charge in [0.05, 0.1) is 17.2 Å². The predicted octanol–water partition coefficient (Wildman–Crippen LogP) is 4.89. The first-order valence-electron chi connectivity index (χ1n) is 12.5. The third-order valence-electron chi connectivity index (χ3n) is 6.60. The van der Waals surface area contributed by atoms with E-state index in [1.54, 1.807) is 30.3 Å². The largest absolute Gasteiger partial charge is 0.494 e. The van der Waals surface area contributed by atoms with Crippen LogP contribution in [0.3, 0.4) is 0 Å². The zero-order chi connectivity index (χ0) is 25.7. The lowest BCUT2D eigenvalue weighted by Crippen LogP contribution is -2.43. The average molecular weight is 539 g/mol. The third kappa shape index (κ3) is 6.45. The summed E-state index contributed by atoms with van der Waals surface area (Å²) in [4.78, 5) is 5.87. The Morgan fingerprint density at radius 1 is 0.973 bits per heavy atom. The highest BCUT2D eigenvalue weighted by Crippen LogP contribution is 2.28. The number of fused-ring (bicyclic) bond motifs is 1. The number of anilines is 1. The molecule has 2 heterocycles. The smallest absolute Gasteiger partial charge is 0.261 e. The average Bonchev–Trinajstić information content (AvgIpc) is 3.30. The lowest BCUT2D eigenvalue weighted by molar-refractivity contribution is 0.214. The first kappa shape index (κ1) is 25.6. The second kappa shape index (κ2) is 11.6. The van der Waals surface area contributed by atoms with Gasteiger partial charge in [0.1, 0.15) is 5.75 Å². The van der Waals surface area contributed by atoms with Crippen molar-refractivity contribution in [2.75, 3.05) is 44.1 Å². The quantitative estimate of drug-likeness (QED) is 0.250. The number of benzene rings is 3. The molecule has 5 rings (SSSR count). The van der Waals surface area contributed by atoms with Crippen LogP contribution < -0.4 is 14.8 Å². The summed E-state index contributed by atoms with van der Waals surface area (Å²) in [6.45, 7) is 5.81. The number of piperazine rings is 1. The summed E-state index contributed by atoms with van der Waals surface area (Å²) in [5.74, 6) is 0.664. The molecule has 0 bridgehead atoms. The molecule has 1 aliphatic heterocycles. The van der Waals surface area contributed by atoms with Crippen molar-refractivity contribution in [1.29, 1.82) is 0 Å². The third-order valence-corrected chi connectivity index (χ3v) is 8.22. The molecular formula is C28H31ClN4O3S. The van der Waals surface area contributed by atoms with E-state index in [2.05, 4.69) is 19.9 Å². The van der Waals surface area contributed by atoms with E-state index in [1.165, 1.54) is 0 Å². The number of hydrogen-bond donors (Lipinski definition) is 3. The fourth-order valence-corrected chi connectivity index (χ4v) is 5.88. The molecule has 0 unspecified atom stereocenters. The van der Waals surface area contributed by atoms with E-state index < -0.39 is 10.0 Å². The molecule has 0 saturated carbocycles. The molecule has 1 aliphatic rings. The summed E-state index contributed by atoms with van der Waals surface area (Å²) in [6, 6.07) is 19.7. The highest BCUT2D eigenvalue weighted by molar-refractivity contribution is 7.92. The number of para-hydroxylation sites is 1. The number of sulfonamides is 1. The fourth-order valence-electron chi connectivity index (χ4n) is 4.61. The van der Waals surface area contributed by atoms with Gasteiger partial charge in [0, 0.05) is 61.3 Å². The van der Waals surface area contributed by atoms with Gasteiger partial charge in [0.2, 0.25) is 0 Å². The molecule has 0 aliphatic carbocycles. The molecule has 194 valence electrons. The highest BCUT2D eigenvalue weighted by atomic mass is 35.5. The molecule has 3 aromatic carbocycles. The Kier molecular flexibility index (Phi) is 8.00. The first-order chi connectivity index (χ1) is 18.0. The summed E-state index contributed by atoms with van der Waals surface area (Å²) >= 11 is 6.20. The first-order valence-corrected chi connectivity index (χ1v) is 14.4. The molecular weight excluding hydrogens is 508 g/mol. The number of rotatable bonds is 10. The maximum atomic E-state index is 13.2. The van der Waals surface area contributed by atoms with Crippen LogP contribution in [0.2, 0.25) is 5.02 Å². The Morgan fingerprint density at radius 3 is 2.57 bits per heavy atom. The lowest BCUT2D eigenvalue weighted by atomic mass is 10.0. The molecule has 1 saturated heterocycles. The van der Waals surface area contributed by atoms with Crippen LogP contribution in [0.4, 0.5) is 5.69 Å². The molecule has 1 fully saturated rings. The minimum atomic E-state index is -3.77. The number of nitrogens with one attached hydrogen (secondary N) is 3. The standard InChI is InChI=1S/C28H31ClN4O3S/c29-23-6-11-28-26(19-23)22(20-31-28)18-21-4-1-2-5-27(21)32-37(34,35)25-9-7-24(8-10-25)36-17-3-14-33-15-12-30-13-16-33/h1-2,4-11,19-20,30-32H,3,12-18H2.